The van der Waals surface area contributed by atoms with Crippen molar-refractivity contribution in [2.24, 2.45) is 0 Å². The van der Waals surface area contributed by atoms with E-state index in [0.29, 0.717) is 12.2 Å². The number of benzene rings is 3. The van der Waals surface area contributed by atoms with Crippen molar-refractivity contribution in [3.05, 3.63) is 108 Å². The van der Waals surface area contributed by atoms with Crippen molar-refractivity contribution in [2.75, 3.05) is 7.11 Å². The Morgan fingerprint density at radius 1 is 0.900 bits per heavy atom. The highest BCUT2D eigenvalue weighted by molar-refractivity contribution is 5.86. The molecule has 9 heteroatoms. The Balaban J connectivity index is 0.000000343. The minimum Gasteiger partial charge on any atom is -0.480 e. The molecule has 5 rings (SSSR count). The van der Waals surface area contributed by atoms with Crippen molar-refractivity contribution in [2.45, 2.75) is 31.9 Å². The molecule has 0 fully saturated rings. The van der Waals surface area contributed by atoms with Gasteiger partial charge in [-0.15, -0.1) is 0 Å². The molecule has 0 spiro atoms. The number of aliphatic carboxylic acids is 1. The van der Waals surface area contributed by atoms with Crippen LogP contribution in [0, 0.1) is 0 Å². The minimum absolute atomic E-state index is 0.0387. The van der Waals surface area contributed by atoms with E-state index in [4.69, 9.17) is 13.6 Å². The summed E-state index contributed by atoms with van der Waals surface area (Å²) in [5.41, 5.74) is 2.68. The number of methoxy groups -OCH3 is 1. The van der Waals surface area contributed by atoms with Gasteiger partial charge in [0.15, 0.2) is 0 Å². The van der Waals surface area contributed by atoms with Crippen LogP contribution in [0.1, 0.15) is 23.3 Å². The van der Waals surface area contributed by atoms with Crippen LogP contribution in [0.2, 0.25) is 0 Å². The molecule has 1 amide bonds. The number of ether oxygens (including phenoxy) is 2. The Morgan fingerprint density at radius 3 is 2.42 bits per heavy atom. The maximum absolute atomic E-state index is 12.1. The zero-order chi connectivity index (χ0) is 28.3. The number of para-hydroxylation sites is 1. The first-order chi connectivity index (χ1) is 19.4. The second-order valence-electron chi connectivity index (χ2n) is 8.92. The molecule has 2 aromatic heterocycles. The quantitative estimate of drug-likeness (QED) is 0.220. The van der Waals surface area contributed by atoms with Gasteiger partial charge in [0.25, 0.3) is 0 Å². The fraction of sp³-hybridized carbons (Fsp3) is 0.194. The van der Waals surface area contributed by atoms with Crippen molar-refractivity contribution in [1.82, 2.24) is 5.32 Å². The van der Waals surface area contributed by atoms with E-state index in [0.717, 1.165) is 32.9 Å². The molecular weight excluding hydrogens is 514 g/mol. The molecule has 206 valence electrons. The topological polar surface area (TPSA) is 128 Å². The number of esters is 1. The number of hydrogen-bond acceptors (Lipinski definition) is 7. The van der Waals surface area contributed by atoms with Crippen molar-refractivity contribution in [3.63, 3.8) is 0 Å². The number of furan rings is 2. The summed E-state index contributed by atoms with van der Waals surface area (Å²) in [6.45, 7) is 0.0387. The molecule has 9 nitrogen and oxygen atoms in total. The second kappa shape index (κ2) is 13.7. The molecule has 1 atom stereocenters. The van der Waals surface area contributed by atoms with Crippen LogP contribution in [0.3, 0.4) is 0 Å². The highest BCUT2D eigenvalue weighted by Crippen LogP contribution is 2.24. The van der Waals surface area contributed by atoms with Crippen molar-refractivity contribution >= 4 is 39.8 Å². The molecule has 0 saturated heterocycles. The molecular formula is C31H29NO8. The van der Waals surface area contributed by atoms with Gasteiger partial charge >= 0.3 is 18.0 Å². The van der Waals surface area contributed by atoms with Gasteiger partial charge in [0, 0.05) is 29.0 Å². The number of fused-ring (bicyclic) bond motifs is 2. The third-order valence-corrected chi connectivity index (χ3v) is 6.14. The van der Waals surface area contributed by atoms with Gasteiger partial charge in [0.2, 0.25) is 0 Å². The maximum Gasteiger partial charge on any atom is 0.408 e. The second-order valence-corrected chi connectivity index (χ2v) is 8.92. The number of hydrogen-bond donors (Lipinski definition) is 2. The van der Waals surface area contributed by atoms with E-state index in [9.17, 15) is 19.5 Å². The maximum atomic E-state index is 12.1. The van der Waals surface area contributed by atoms with Crippen LogP contribution in [-0.2, 0) is 38.5 Å². The van der Waals surface area contributed by atoms with Gasteiger partial charge in [0.1, 0.15) is 24.0 Å². The third-order valence-electron chi connectivity index (χ3n) is 6.14. The van der Waals surface area contributed by atoms with Crippen LogP contribution in [0.4, 0.5) is 4.79 Å². The molecule has 2 heterocycles. The van der Waals surface area contributed by atoms with Crippen LogP contribution in [-0.4, -0.2) is 36.3 Å². The zero-order valence-electron chi connectivity index (χ0n) is 21.9. The number of alkyl carbamates (subject to hydrolysis) is 1. The summed E-state index contributed by atoms with van der Waals surface area (Å²) in [6.07, 6.45) is 3.15. The van der Waals surface area contributed by atoms with E-state index in [2.05, 4.69) is 10.1 Å². The highest BCUT2D eigenvalue weighted by Gasteiger charge is 2.24. The molecule has 0 bridgehead atoms. The van der Waals surface area contributed by atoms with Gasteiger partial charge in [-0.1, -0.05) is 60.7 Å². The lowest BCUT2D eigenvalue weighted by Crippen LogP contribution is -2.42. The lowest BCUT2D eigenvalue weighted by molar-refractivity contribution is -0.141. The van der Waals surface area contributed by atoms with Gasteiger partial charge in [-0.25, -0.2) is 9.59 Å². The average molecular weight is 544 g/mol. The Labute approximate surface area is 230 Å². The predicted molar refractivity (Wildman–Crippen MR) is 148 cm³/mol. The van der Waals surface area contributed by atoms with Crippen molar-refractivity contribution < 1.29 is 37.8 Å². The van der Waals surface area contributed by atoms with E-state index in [1.807, 2.05) is 66.7 Å². The van der Waals surface area contributed by atoms with Crippen LogP contribution in [0.15, 0.2) is 100 Å². The normalized spacial score (nSPS) is 11.3. The van der Waals surface area contributed by atoms with Gasteiger partial charge in [-0.2, -0.15) is 0 Å². The zero-order valence-corrected chi connectivity index (χ0v) is 21.9. The molecule has 0 radical (unpaired) electrons. The lowest BCUT2D eigenvalue weighted by atomic mass is 10.0. The van der Waals surface area contributed by atoms with E-state index in [1.165, 1.54) is 13.4 Å². The Bertz CT molecular complexity index is 1540. The van der Waals surface area contributed by atoms with Crippen molar-refractivity contribution in [3.8, 4) is 0 Å². The Hall–Kier alpha value is -5.05. The molecule has 0 aliphatic carbocycles. The standard InChI is InChI=1S/C23H23NO7.C8H6O/c1-29-21(25)10-8-15-7-9-18-17(11-15)14-30-20(18)12-19(22(26)27)24-23(28)31-13-16-5-3-2-4-6-16;1-2-4-8-7(3-1)5-6-9-8/h2-7,9,11,14,19H,8,10,12-13H2,1H3,(H,24,28)(H,26,27);1-6H. The summed E-state index contributed by atoms with van der Waals surface area (Å²) in [4.78, 5) is 35.0. The molecule has 0 aliphatic rings. The number of carboxylic acids is 1. The van der Waals surface area contributed by atoms with Crippen LogP contribution in [0.5, 0.6) is 0 Å². The number of amides is 1. The fourth-order valence-corrected chi connectivity index (χ4v) is 4.02. The smallest absolute Gasteiger partial charge is 0.408 e. The third kappa shape index (κ3) is 7.73. The molecule has 2 N–H and O–H groups in total. The Morgan fingerprint density at radius 2 is 1.68 bits per heavy atom. The first-order valence-electron chi connectivity index (χ1n) is 12.6. The van der Waals surface area contributed by atoms with Gasteiger partial charge in [0.05, 0.1) is 19.6 Å². The van der Waals surface area contributed by atoms with Gasteiger partial charge < -0.3 is 28.7 Å². The number of carboxylic acid groups (broad SMARTS) is 1. The van der Waals surface area contributed by atoms with E-state index < -0.39 is 18.1 Å². The lowest BCUT2D eigenvalue weighted by Gasteiger charge is -2.14. The molecule has 0 aliphatic heterocycles. The minimum atomic E-state index is -1.21. The van der Waals surface area contributed by atoms with E-state index in [-0.39, 0.29) is 25.4 Å². The number of rotatable bonds is 9. The largest absolute Gasteiger partial charge is 0.480 e. The summed E-state index contributed by atoms with van der Waals surface area (Å²) >= 11 is 0. The first kappa shape index (κ1) is 28.0. The monoisotopic (exact) mass is 543 g/mol. The van der Waals surface area contributed by atoms with Gasteiger partial charge in [-0.3, -0.25) is 4.79 Å². The predicted octanol–water partition coefficient (Wildman–Crippen LogP) is 5.89. The van der Waals surface area contributed by atoms with Gasteiger partial charge in [-0.05, 0) is 35.7 Å². The number of carbonyl (C=O) groups is 3. The summed E-state index contributed by atoms with van der Waals surface area (Å²) in [6, 6.07) is 23.3. The van der Waals surface area contributed by atoms with E-state index in [1.54, 1.807) is 18.4 Å². The van der Waals surface area contributed by atoms with Crippen molar-refractivity contribution in [1.29, 1.82) is 0 Å². The first-order valence-corrected chi connectivity index (χ1v) is 12.6. The summed E-state index contributed by atoms with van der Waals surface area (Å²) < 4.78 is 20.4. The number of nitrogens with one attached hydrogen (secondary N) is 1. The average Bonchev–Trinajstić information content (AvgIpc) is 3.62. The summed E-state index contributed by atoms with van der Waals surface area (Å²) in [5, 5.41) is 14.6. The van der Waals surface area contributed by atoms with Crippen LogP contribution >= 0.6 is 0 Å². The SMILES string of the molecule is COC(=O)CCc1ccc2c(CC(NC(=O)OCc3ccccc3)C(=O)O)occ2c1.c1ccc2occc2c1. The summed E-state index contributed by atoms with van der Waals surface area (Å²) in [5.74, 6) is -1.05. The molecule has 3 aromatic carbocycles. The number of aryl methyl sites for hydroxylation is 1. The Kier molecular flexibility index (Phi) is 9.55. The number of carbonyl (C=O) groups excluding carboxylic acids is 2. The molecule has 5 aromatic rings. The van der Waals surface area contributed by atoms with Crippen LogP contribution in [0.25, 0.3) is 21.7 Å². The molecule has 1 unspecified atom stereocenters. The fourth-order valence-electron chi connectivity index (χ4n) is 4.02. The summed E-state index contributed by atoms with van der Waals surface area (Å²) in [7, 11) is 1.35. The van der Waals surface area contributed by atoms with Crippen LogP contribution < -0.4 is 5.32 Å². The highest BCUT2D eigenvalue weighted by atomic mass is 16.5. The molecule has 40 heavy (non-hydrogen) atoms. The van der Waals surface area contributed by atoms with E-state index >= 15 is 0 Å². The molecule has 0 saturated carbocycles.